The average molecular weight is 243 g/mol. The summed E-state index contributed by atoms with van der Waals surface area (Å²) >= 11 is 0. The highest BCUT2D eigenvalue weighted by molar-refractivity contribution is 5.81. The standard InChI is InChI=1S/C14H13NO3/c1-18-13-7-11(6-12(9-16)14(13)17)5-10-3-2-4-15-8-10/h2-4,6-9,17H,5H2,1H3. The molecular weight excluding hydrogens is 230 g/mol. The van der Waals surface area contributed by atoms with Crippen molar-refractivity contribution >= 4 is 6.29 Å². The van der Waals surface area contributed by atoms with Gasteiger partial charge in [0, 0.05) is 12.4 Å². The molecule has 0 radical (unpaired) electrons. The van der Waals surface area contributed by atoms with E-state index in [9.17, 15) is 9.90 Å². The minimum absolute atomic E-state index is 0.123. The van der Waals surface area contributed by atoms with Gasteiger partial charge in [-0.2, -0.15) is 0 Å². The van der Waals surface area contributed by atoms with Crippen molar-refractivity contribution in [2.75, 3.05) is 7.11 Å². The van der Waals surface area contributed by atoms with Gasteiger partial charge >= 0.3 is 0 Å². The lowest BCUT2D eigenvalue weighted by atomic mass is 10.0. The number of ether oxygens (including phenoxy) is 1. The van der Waals surface area contributed by atoms with E-state index in [1.54, 1.807) is 24.5 Å². The van der Waals surface area contributed by atoms with Gasteiger partial charge in [0.15, 0.2) is 17.8 Å². The van der Waals surface area contributed by atoms with Crippen LogP contribution < -0.4 is 4.74 Å². The first-order valence-corrected chi connectivity index (χ1v) is 5.48. The van der Waals surface area contributed by atoms with E-state index in [2.05, 4.69) is 4.98 Å². The summed E-state index contributed by atoms with van der Waals surface area (Å²) in [6, 6.07) is 7.17. The molecule has 1 aromatic carbocycles. The van der Waals surface area contributed by atoms with Crippen molar-refractivity contribution in [2.45, 2.75) is 6.42 Å². The van der Waals surface area contributed by atoms with Crippen molar-refractivity contribution in [1.82, 2.24) is 4.98 Å². The molecule has 4 nitrogen and oxygen atoms in total. The predicted molar refractivity (Wildman–Crippen MR) is 67.1 cm³/mol. The molecule has 1 heterocycles. The molecule has 0 aliphatic heterocycles. The van der Waals surface area contributed by atoms with Crippen molar-refractivity contribution in [2.24, 2.45) is 0 Å². The zero-order valence-electron chi connectivity index (χ0n) is 9.96. The van der Waals surface area contributed by atoms with Gasteiger partial charge in [-0.25, -0.2) is 0 Å². The number of phenolic OH excluding ortho intramolecular Hbond substituents is 1. The Balaban J connectivity index is 2.37. The van der Waals surface area contributed by atoms with Gasteiger partial charge < -0.3 is 9.84 Å². The number of nitrogens with zero attached hydrogens (tertiary/aromatic N) is 1. The molecule has 0 atom stereocenters. The molecule has 0 unspecified atom stereocenters. The molecule has 18 heavy (non-hydrogen) atoms. The second-order valence-electron chi connectivity index (χ2n) is 3.89. The monoisotopic (exact) mass is 243 g/mol. The number of methoxy groups -OCH3 is 1. The topological polar surface area (TPSA) is 59.4 Å². The third-order valence-electron chi connectivity index (χ3n) is 2.64. The number of rotatable bonds is 4. The van der Waals surface area contributed by atoms with Crippen LogP contribution in [-0.2, 0) is 6.42 Å². The molecule has 0 saturated carbocycles. The molecule has 92 valence electrons. The van der Waals surface area contributed by atoms with Crippen molar-refractivity contribution < 1.29 is 14.6 Å². The molecule has 1 N–H and O–H groups in total. The average Bonchev–Trinajstić information content (AvgIpc) is 2.41. The van der Waals surface area contributed by atoms with Gasteiger partial charge in [0.05, 0.1) is 12.7 Å². The highest BCUT2D eigenvalue weighted by Crippen LogP contribution is 2.31. The summed E-state index contributed by atoms with van der Waals surface area (Å²) in [5.41, 5.74) is 2.15. The van der Waals surface area contributed by atoms with Crippen LogP contribution in [0.25, 0.3) is 0 Å². The molecule has 0 aliphatic rings. The number of carbonyl (C=O) groups excluding carboxylic acids is 1. The zero-order chi connectivity index (χ0) is 13.0. The third kappa shape index (κ3) is 2.48. The minimum Gasteiger partial charge on any atom is -0.504 e. The first kappa shape index (κ1) is 12.1. The normalized spacial score (nSPS) is 10.1. The number of pyridine rings is 1. The van der Waals surface area contributed by atoms with Crippen LogP contribution in [0.1, 0.15) is 21.5 Å². The highest BCUT2D eigenvalue weighted by atomic mass is 16.5. The van der Waals surface area contributed by atoms with Crippen LogP contribution in [-0.4, -0.2) is 23.5 Å². The van der Waals surface area contributed by atoms with Crippen molar-refractivity contribution in [1.29, 1.82) is 0 Å². The van der Waals surface area contributed by atoms with Crippen LogP contribution in [0.2, 0.25) is 0 Å². The molecule has 0 spiro atoms. The first-order chi connectivity index (χ1) is 8.74. The van der Waals surface area contributed by atoms with Crippen molar-refractivity contribution in [3.8, 4) is 11.5 Å². The molecule has 2 aromatic rings. The number of benzene rings is 1. The molecule has 2 rings (SSSR count). The van der Waals surface area contributed by atoms with Crippen molar-refractivity contribution in [3.63, 3.8) is 0 Å². The van der Waals surface area contributed by atoms with Gasteiger partial charge in [-0.1, -0.05) is 6.07 Å². The van der Waals surface area contributed by atoms with Gasteiger partial charge in [-0.05, 0) is 35.7 Å². The molecule has 0 bridgehead atoms. The Morgan fingerprint density at radius 2 is 2.22 bits per heavy atom. The maximum absolute atomic E-state index is 10.9. The van der Waals surface area contributed by atoms with Crippen LogP contribution in [0.4, 0.5) is 0 Å². The Kier molecular flexibility index (Phi) is 3.57. The van der Waals surface area contributed by atoms with Crippen molar-refractivity contribution in [3.05, 3.63) is 53.3 Å². The zero-order valence-corrected chi connectivity index (χ0v) is 9.96. The molecule has 4 heteroatoms. The van der Waals surface area contributed by atoms with E-state index < -0.39 is 0 Å². The smallest absolute Gasteiger partial charge is 0.168 e. The van der Waals surface area contributed by atoms with E-state index in [1.807, 2.05) is 12.1 Å². The summed E-state index contributed by atoms with van der Waals surface area (Å²) in [6.45, 7) is 0. The second-order valence-corrected chi connectivity index (χ2v) is 3.89. The van der Waals surface area contributed by atoms with E-state index in [4.69, 9.17) is 4.74 Å². The van der Waals surface area contributed by atoms with E-state index >= 15 is 0 Å². The molecule has 0 amide bonds. The Hall–Kier alpha value is -2.36. The number of hydrogen-bond donors (Lipinski definition) is 1. The Labute approximate surface area is 105 Å². The number of aromatic hydroxyl groups is 1. The molecule has 0 fully saturated rings. The van der Waals surface area contributed by atoms with Crippen LogP contribution >= 0.6 is 0 Å². The summed E-state index contributed by atoms with van der Waals surface area (Å²) in [5.74, 6) is 0.181. The number of phenols is 1. The van der Waals surface area contributed by atoms with Crippen LogP contribution in [0.3, 0.4) is 0 Å². The highest BCUT2D eigenvalue weighted by Gasteiger charge is 2.10. The summed E-state index contributed by atoms with van der Waals surface area (Å²) in [4.78, 5) is 14.9. The lowest BCUT2D eigenvalue weighted by molar-refractivity contribution is 0.112. The van der Waals surface area contributed by atoms with Crippen LogP contribution in [0.5, 0.6) is 11.5 Å². The predicted octanol–water partition coefficient (Wildman–Crippen LogP) is 2.20. The number of hydrogen-bond acceptors (Lipinski definition) is 4. The fourth-order valence-corrected chi connectivity index (χ4v) is 1.77. The molecule has 0 aliphatic carbocycles. The quantitative estimate of drug-likeness (QED) is 0.836. The third-order valence-corrected chi connectivity index (χ3v) is 2.64. The summed E-state index contributed by atoms with van der Waals surface area (Å²) < 4.78 is 5.04. The summed E-state index contributed by atoms with van der Waals surface area (Å²) in [6.07, 6.45) is 4.72. The maximum Gasteiger partial charge on any atom is 0.168 e. The fraction of sp³-hybridized carbons (Fsp3) is 0.143. The van der Waals surface area contributed by atoms with Gasteiger partial charge in [0.1, 0.15) is 0 Å². The SMILES string of the molecule is COc1cc(Cc2cccnc2)cc(C=O)c1O. The van der Waals surface area contributed by atoms with E-state index in [-0.39, 0.29) is 11.3 Å². The van der Waals surface area contributed by atoms with Gasteiger partial charge in [-0.3, -0.25) is 9.78 Å². The number of aromatic nitrogens is 1. The lowest BCUT2D eigenvalue weighted by Crippen LogP contribution is -1.95. The largest absolute Gasteiger partial charge is 0.504 e. The lowest BCUT2D eigenvalue weighted by Gasteiger charge is -2.09. The van der Waals surface area contributed by atoms with E-state index in [0.29, 0.717) is 18.5 Å². The minimum atomic E-state index is -0.123. The van der Waals surface area contributed by atoms with Crippen LogP contribution in [0, 0.1) is 0 Å². The Morgan fingerprint density at radius 3 is 2.83 bits per heavy atom. The van der Waals surface area contributed by atoms with Crippen LogP contribution in [0.15, 0.2) is 36.7 Å². The van der Waals surface area contributed by atoms with E-state index in [1.165, 1.54) is 7.11 Å². The molecular formula is C14H13NO3. The Morgan fingerprint density at radius 1 is 1.39 bits per heavy atom. The summed E-state index contributed by atoms with van der Waals surface area (Å²) in [5, 5.41) is 9.71. The molecule has 1 aromatic heterocycles. The first-order valence-electron chi connectivity index (χ1n) is 5.48. The Bertz CT molecular complexity index is 552. The number of aldehydes is 1. The fourth-order valence-electron chi connectivity index (χ4n) is 1.77. The van der Waals surface area contributed by atoms with Gasteiger partial charge in [-0.15, -0.1) is 0 Å². The maximum atomic E-state index is 10.9. The van der Waals surface area contributed by atoms with Gasteiger partial charge in [0.25, 0.3) is 0 Å². The summed E-state index contributed by atoms with van der Waals surface area (Å²) in [7, 11) is 1.46. The molecule has 0 saturated heterocycles. The number of carbonyl (C=O) groups is 1. The second kappa shape index (κ2) is 5.31. The van der Waals surface area contributed by atoms with E-state index in [0.717, 1.165) is 11.1 Å². The van der Waals surface area contributed by atoms with Gasteiger partial charge in [0.2, 0.25) is 0 Å².